The van der Waals surface area contributed by atoms with E-state index in [-0.39, 0.29) is 12.5 Å². The summed E-state index contributed by atoms with van der Waals surface area (Å²) in [7, 11) is 1.74. The summed E-state index contributed by atoms with van der Waals surface area (Å²) in [5, 5.41) is 14.1. The van der Waals surface area contributed by atoms with E-state index < -0.39 is 0 Å². The Morgan fingerprint density at radius 2 is 2.18 bits per heavy atom. The molecule has 1 aliphatic rings. The minimum atomic E-state index is 0.0275. The lowest BCUT2D eigenvalue weighted by molar-refractivity contribution is 0.171. The van der Waals surface area contributed by atoms with Crippen LogP contribution in [0.2, 0.25) is 0 Å². The van der Waals surface area contributed by atoms with Gasteiger partial charge in [-0.3, -0.25) is 4.68 Å². The van der Waals surface area contributed by atoms with Gasteiger partial charge in [0.1, 0.15) is 5.82 Å². The van der Waals surface area contributed by atoms with E-state index in [1.165, 1.54) is 0 Å². The third-order valence-corrected chi connectivity index (χ3v) is 2.79. The van der Waals surface area contributed by atoms with Crippen LogP contribution in [-0.4, -0.2) is 21.7 Å². The lowest BCUT2D eigenvalue weighted by Crippen LogP contribution is -1.98. The summed E-state index contributed by atoms with van der Waals surface area (Å²) in [6, 6.07) is 3.47. The first kappa shape index (κ1) is 9.83. The van der Waals surface area contributed by atoms with Crippen LogP contribution in [0.4, 0.5) is 5.82 Å². The highest BCUT2D eigenvalue weighted by Crippen LogP contribution is 2.46. The van der Waals surface area contributed by atoms with E-state index in [0.717, 1.165) is 0 Å². The molecule has 1 aromatic heterocycles. The summed E-state index contributed by atoms with van der Waals surface area (Å²) in [5.74, 6) is 1.40. The molecule has 2 aromatic rings. The Balaban J connectivity index is 2.19. The van der Waals surface area contributed by atoms with Crippen LogP contribution in [0.3, 0.4) is 0 Å². The van der Waals surface area contributed by atoms with Crippen LogP contribution in [0.1, 0.15) is 0 Å². The molecule has 0 spiro atoms. The second-order valence-electron chi connectivity index (χ2n) is 3.76. The average molecular weight is 233 g/mol. The number of benzene rings is 1. The second kappa shape index (κ2) is 3.31. The maximum atomic E-state index is 10.1. The van der Waals surface area contributed by atoms with Gasteiger partial charge >= 0.3 is 0 Å². The SMILES string of the molecule is Cn1ncc(-c2ccc3c(c2O)OCO3)c1N. The van der Waals surface area contributed by atoms with Gasteiger partial charge in [-0.15, -0.1) is 0 Å². The Bertz CT molecular complexity index is 592. The Morgan fingerprint density at radius 3 is 2.88 bits per heavy atom. The van der Waals surface area contributed by atoms with Crippen LogP contribution < -0.4 is 15.2 Å². The Hall–Kier alpha value is -2.37. The van der Waals surface area contributed by atoms with Crippen molar-refractivity contribution in [3.05, 3.63) is 18.3 Å². The zero-order valence-corrected chi connectivity index (χ0v) is 9.17. The van der Waals surface area contributed by atoms with E-state index in [9.17, 15) is 5.11 Å². The first-order valence-electron chi connectivity index (χ1n) is 5.08. The molecule has 0 aliphatic carbocycles. The number of nitrogens with two attached hydrogens (primary N) is 1. The molecule has 0 saturated heterocycles. The molecule has 0 fully saturated rings. The first-order chi connectivity index (χ1) is 8.18. The maximum Gasteiger partial charge on any atom is 0.231 e. The largest absolute Gasteiger partial charge is 0.504 e. The molecular formula is C11H11N3O3. The number of hydrogen-bond acceptors (Lipinski definition) is 5. The Morgan fingerprint density at radius 1 is 1.35 bits per heavy atom. The molecule has 0 saturated carbocycles. The number of phenolic OH excluding ortho intramolecular Hbond substituents is 1. The van der Waals surface area contributed by atoms with Crippen molar-refractivity contribution in [3.63, 3.8) is 0 Å². The predicted octanol–water partition coefficient (Wildman–Crippen LogP) is 1.10. The topological polar surface area (TPSA) is 82.5 Å². The van der Waals surface area contributed by atoms with E-state index >= 15 is 0 Å². The number of nitrogen functional groups attached to an aromatic ring is 1. The van der Waals surface area contributed by atoms with Crippen molar-refractivity contribution in [2.45, 2.75) is 0 Å². The summed E-state index contributed by atoms with van der Waals surface area (Å²) in [6.07, 6.45) is 1.60. The van der Waals surface area contributed by atoms with Crippen LogP contribution in [0, 0.1) is 0 Å². The molecule has 3 N–H and O–H groups in total. The number of fused-ring (bicyclic) bond motifs is 1. The highest BCUT2D eigenvalue weighted by Gasteiger charge is 2.22. The smallest absolute Gasteiger partial charge is 0.231 e. The highest BCUT2D eigenvalue weighted by atomic mass is 16.7. The van der Waals surface area contributed by atoms with Crippen LogP contribution in [0.25, 0.3) is 11.1 Å². The molecule has 17 heavy (non-hydrogen) atoms. The molecule has 0 radical (unpaired) electrons. The maximum absolute atomic E-state index is 10.1. The van der Waals surface area contributed by atoms with Gasteiger partial charge in [0.05, 0.1) is 6.20 Å². The minimum Gasteiger partial charge on any atom is -0.504 e. The van der Waals surface area contributed by atoms with Gasteiger partial charge in [-0.05, 0) is 12.1 Å². The average Bonchev–Trinajstić information content (AvgIpc) is 2.90. The highest BCUT2D eigenvalue weighted by molar-refractivity contribution is 5.81. The summed E-state index contributed by atoms with van der Waals surface area (Å²) >= 11 is 0. The van der Waals surface area contributed by atoms with Gasteiger partial charge in [-0.2, -0.15) is 5.10 Å². The number of rotatable bonds is 1. The zero-order chi connectivity index (χ0) is 12.0. The number of aryl methyl sites for hydroxylation is 1. The molecule has 0 unspecified atom stereocenters. The van der Waals surface area contributed by atoms with Crippen molar-refractivity contribution in [2.75, 3.05) is 12.5 Å². The molecule has 0 bridgehead atoms. The molecule has 2 heterocycles. The van der Waals surface area contributed by atoms with Crippen molar-refractivity contribution in [1.82, 2.24) is 9.78 Å². The van der Waals surface area contributed by atoms with E-state index in [2.05, 4.69) is 5.10 Å². The molecule has 1 aliphatic heterocycles. The van der Waals surface area contributed by atoms with E-state index in [1.54, 1.807) is 30.1 Å². The van der Waals surface area contributed by atoms with Gasteiger partial charge in [0.15, 0.2) is 11.5 Å². The molecule has 1 aromatic carbocycles. The van der Waals surface area contributed by atoms with Gasteiger partial charge < -0.3 is 20.3 Å². The summed E-state index contributed by atoms with van der Waals surface area (Å²) < 4.78 is 11.9. The van der Waals surface area contributed by atoms with Crippen LogP contribution in [-0.2, 0) is 7.05 Å². The fourth-order valence-corrected chi connectivity index (χ4v) is 1.83. The summed E-state index contributed by atoms with van der Waals surface area (Å²) in [6.45, 7) is 0.120. The molecule has 0 atom stereocenters. The fraction of sp³-hybridized carbons (Fsp3) is 0.182. The number of aromatic hydroxyl groups is 1. The molecule has 88 valence electrons. The number of nitrogens with zero attached hydrogens (tertiary/aromatic N) is 2. The van der Waals surface area contributed by atoms with Crippen molar-refractivity contribution in [2.24, 2.45) is 7.05 Å². The van der Waals surface area contributed by atoms with Gasteiger partial charge in [0, 0.05) is 18.2 Å². The van der Waals surface area contributed by atoms with Crippen molar-refractivity contribution in [1.29, 1.82) is 0 Å². The van der Waals surface area contributed by atoms with Crippen molar-refractivity contribution < 1.29 is 14.6 Å². The molecule has 6 heteroatoms. The van der Waals surface area contributed by atoms with E-state index in [1.807, 2.05) is 0 Å². The van der Waals surface area contributed by atoms with Gasteiger partial charge in [-0.25, -0.2) is 0 Å². The number of anilines is 1. The Labute approximate surface area is 97.2 Å². The number of ether oxygens (including phenoxy) is 2. The fourth-order valence-electron chi connectivity index (χ4n) is 1.83. The lowest BCUT2D eigenvalue weighted by Gasteiger charge is -2.06. The molecule has 3 rings (SSSR count). The first-order valence-corrected chi connectivity index (χ1v) is 5.08. The molecule has 0 amide bonds. The Kier molecular flexibility index (Phi) is 1.91. The van der Waals surface area contributed by atoms with E-state index in [0.29, 0.717) is 28.4 Å². The quantitative estimate of drug-likeness (QED) is 0.770. The standard InChI is InChI=1S/C11H11N3O3/c1-14-11(12)7(4-13-14)6-2-3-8-10(9(6)15)17-5-16-8/h2-4,15H,5,12H2,1H3. The normalized spacial score (nSPS) is 13.0. The second-order valence-corrected chi connectivity index (χ2v) is 3.76. The third-order valence-electron chi connectivity index (χ3n) is 2.79. The van der Waals surface area contributed by atoms with Crippen LogP contribution >= 0.6 is 0 Å². The van der Waals surface area contributed by atoms with Crippen molar-refractivity contribution >= 4 is 5.82 Å². The third kappa shape index (κ3) is 1.30. The minimum absolute atomic E-state index is 0.0275. The number of aromatic nitrogens is 2. The van der Waals surface area contributed by atoms with Crippen LogP contribution in [0.5, 0.6) is 17.2 Å². The lowest BCUT2D eigenvalue weighted by atomic mass is 10.1. The van der Waals surface area contributed by atoms with Gasteiger partial charge in [0.25, 0.3) is 0 Å². The summed E-state index contributed by atoms with van der Waals surface area (Å²) in [5.41, 5.74) is 7.12. The monoisotopic (exact) mass is 233 g/mol. The summed E-state index contributed by atoms with van der Waals surface area (Å²) in [4.78, 5) is 0. The van der Waals surface area contributed by atoms with Gasteiger partial charge in [-0.1, -0.05) is 0 Å². The zero-order valence-electron chi connectivity index (χ0n) is 9.17. The van der Waals surface area contributed by atoms with E-state index in [4.69, 9.17) is 15.2 Å². The number of phenols is 1. The molecule has 6 nitrogen and oxygen atoms in total. The van der Waals surface area contributed by atoms with Gasteiger partial charge in [0.2, 0.25) is 12.5 Å². The van der Waals surface area contributed by atoms with Crippen molar-refractivity contribution in [3.8, 4) is 28.4 Å². The van der Waals surface area contributed by atoms with Crippen LogP contribution in [0.15, 0.2) is 18.3 Å². The predicted molar refractivity (Wildman–Crippen MR) is 60.8 cm³/mol. The number of hydrogen-bond donors (Lipinski definition) is 2. The molecular weight excluding hydrogens is 222 g/mol.